The van der Waals surface area contributed by atoms with Crippen molar-refractivity contribution in [1.82, 2.24) is 14.8 Å². The van der Waals surface area contributed by atoms with Crippen molar-refractivity contribution in [3.05, 3.63) is 58.3 Å². The van der Waals surface area contributed by atoms with E-state index >= 15 is 4.39 Å². The van der Waals surface area contributed by atoms with Gasteiger partial charge < -0.3 is 29.8 Å². The number of benzene rings is 2. The zero-order chi connectivity index (χ0) is 29.2. The van der Waals surface area contributed by atoms with E-state index in [4.69, 9.17) is 19.6 Å². The third kappa shape index (κ3) is 6.68. The van der Waals surface area contributed by atoms with E-state index < -0.39 is 47.2 Å². The number of amides is 3. The van der Waals surface area contributed by atoms with Crippen LogP contribution >= 0.6 is 0 Å². The van der Waals surface area contributed by atoms with Gasteiger partial charge in [0, 0.05) is 26.6 Å². The number of ether oxygens (including phenoxy) is 2. The molecule has 2 heterocycles. The number of carbonyl (C=O) groups excluding carboxylic acids is 3. The number of hydrogen-bond acceptors (Lipinski definition) is 7. The van der Waals surface area contributed by atoms with E-state index in [1.54, 1.807) is 52.1 Å². The zero-order valence-corrected chi connectivity index (χ0v) is 22.9. The van der Waals surface area contributed by atoms with Gasteiger partial charge in [0.15, 0.2) is 11.7 Å². The van der Waals surface area contributed by atoms with E-state index in [1.807, 2.05) is 0 Å². The Labute approximate surface area is 230 Å². The molecule has 0 saturated carbocycles. The summed E-state index contributed by atoms with van der Waals surface area (Å²) in [5, 5.41) is 2.55. The number of aryl methyl sites for hydroxylation is 1. The summed E-state index contributed by atoms with van der Waals surface area (Å²) in [5.41, 5.74) is 7.19. The van der Waals surface area contributed by atoms with Gasteiger partial charge in [-0.2, -0.15) is 0 Å². The van der Waals surface area contributed by atoms with E-state index in [0.29, 0.717) is 35.2 Å². The Bertz CT molecular complexity index is 1490. The van der Waals surface area contributed by atoms with Crippen LogP contribution < -0.4 is 16.8 Å². The first-order valence-corrected chi connectivity index (χ1v) is 12.9. The Morgan fingerprint density at radius 1 is 1.18 bits per heavy atom. The number of oxazole rings is 1. The van der Waals surface area contributed by atoms with Crippen LogP contribution in [-0.4, -0.2) is 64.8 Å². The highest BCUT2D eigenvalue weighted by Crippen LogP contribution is 2.26. The molecular weight excluding hydrogens is 523 g/mol. The third-order valence-electron chi connectivity index (χ3n) is 6.48. The molecule has 4 rings (SSSR count). The lowest BCUT2D eigenvalue weighted by Gasteiger charge is -2.28. The van der Waals surface area contributed by atoms with E-state index in [2.05, 4.69) is 5.32 Å². The molecule has 0 radical (unpaired) electrons. The quantitative estimate of drug-likeness (QED) is 0.474. The molecule has 11 nitrogen and oxygen atoms in total. The van der Waals surface area contributed by atoms with Gasteiger partial charge in [-0.05, 0) is 62.1 Å². The SMILES string of the molecule is Cn1c(=O)oc2ccc(-c3ccc(C[C@H](NC(=O)[C@@H]4CN(C(=O)OC(C)(C)C)CCCO4)C(N)=O)c(F)c3)cc21. The van der Waals surface area contributed by atoms with Gasteiger partial charge in [-0.15, -0.1) is 0 Å². The van der Waals surface area contributed by atoms with Crippen molar-refractivity contribution < 1.29 is 32.7 Å². The lowest BCUT2D eigenvalue weighted by Crippen LogP contribution is -2.52. The topological polar surface area (TPSA) is 146 Å². The van der Waals surface area contributed by atoms with E-state index in [1.165, 1.54) is 21.6 Å². The minimum absolute atomic E-state index is 0.0676. The molecule has 214 valence electrons. The number of carbonyl (C=O) groups is 3. The minimum atomic E-state index is -1.22. The van der Waals surface area contributed by atoms with Crippen LogP contribution in [0.25, 0.3) is 22.2 Å². The van der Waals surface area contributed by atoms with Gasteiger partial charge in [0.25, 0.3) is 5.91 Å². The largest absolute Gasteiger partial charge is 0.444 e. The van der Waals surface area contributed by atoms with E-state index in [9.17, 15) is 19.2 Å². The molecule has 1 aliphatic rings. The fourth-order valence-electron chi connectivity index (χ4n) is 4.38. The Balaban J connectivity index is 1.46. The number of nitrogens with zero attached hydrogens (tertiary/aromatic N) is 2. The number of aromatic nitrogens is 1. The normalized spacial score (nSPS) is 16.8. The zero-order valence-electron chi connectivity index (χ0n) is 22.9. The number of rotatable bonds is 6. The summed E-state index contributed by atoms with van der Waals surface area (Å²) < 4.78 is 32.7. The average Bonchev–Trinajstić information content (AvgIpc) is 3.04. The second-order valence-electron chi connectivity index (χ2n) is 10.7. The summed E-state index contributed by atoms with van der Waals surface area (Å²) in [6.07, 6.45) is -1.31. The molecule has 3 aromatic rings. The predicted molar refractivity (Wildman–Crippen MR) is 144 cm³/mol. The van der Waals surface area contributed by atoms with Crippen LogP contribution in [0.15, 0.2) is 45.6 Å². The van der Waals surface area contributed by atoms with Crippen LogP contribution in [0.3, 0.4) is 0 Å². The Morgan fingerprint density at radius 3 is 2.55 bits per heavy atom. The molecule has 1 aromatic heterocycles. The predicted octanol–water partition coefficient (Wildman–Crippen LogP) is 2.48. The van der Waals surface area contributed by atoms with Gasteiger partial charge in [0.2, 0.25) is 5.91 Å². The van der Waals surface area contributed by atoms with Gasteiger partial charge >= 0.3 is 11.8 Å². The molecule has 0 bridgehead atoms. The molecule has 3 N–H and O–H groups in total. The van der Waals surface area contributed by atoms with Crippen molar-refractivity contribution in [2.75, 3.05) is 19.7 Å². The summed E-state index contributed by atoms with van der Waals surface area (Å²) in [5.74, 6) is -2.59. The molecule has 0 aliphatic carbocycles. The van der Waals surface area contributed by atoms with Gasteiger partial charge in [-0.1, -0.05) is 18.2 Å². The highest BCUT2D eigenvalue weighted by atomic mass is 19.1. The third-order valence-corrected chi connectivity index (χ3v) is 6.48. The number of nitrogens with two attached hydrogens (primary N) is 1. The molecule has 0 unspecified atom stereocenters. The van der Waals surface area contributed by atoms with Crippen LogP contribution in [0.4, 0.5) is 9.18 Å². The van der Waals surface area contributed by atoms with E-state index in [-0.39, 0.29) is 25.1 Å². The molecule has 1 aliphatic heterocycles. The average molecular weight is 557 g/mol. The molecule has 1 fully saturated rings. The number of nitrogens with one attached hydrogen (secondary N) is 1. The molecular formula is C28H33FN4O7. The first-order chi connectivity index (χ1) is 18.8. The maximum atomic E-state index is 15.2. The minimum Gasteiger partial charge on any atom is -0.444 e. The molecule has 2 aromatic carbocycles. The van der Waals surface area contributed by atoms with Crippen molar-refractivity contribution in [2.45, 2.75) is 51.4 Å². The maximum Gasteiger partial charge on any atom is 0.419 e. The standard InChI is InChI=1S/C28H33FN4O7/c1-28(2,3)40-27(37)33-10-5-11-38-23(15-33)25(35)31-20(24(30)34)13-18-7-6-16(12-19(18)29)17-8-9-22-21(14-17)32(4)26(36)39-22/h6-9,12,14,20,23H,5,10-11,13,15H2,1-4H3,(H2,30,34)(H,31,35)/t20-,23-/m0/s1. The summed E-state index contributed by atoms with van der Waals surface area (Å²) >= 11 is 0. The van der Waals surface area contributed by atoms with Crippen LogP contribution in [0.5, 0.6) is 0 Å². The maximum absolute atomic E-state index is 15.2. The van der Waals surface area contributed by atoms with Crippen molar-refractivity contribution >= 4 is 29.0 Å². The lowest BCUT2D eigenvalue weighted by atomic mass is 9.99. The Kier molecular flexibility index (Phi) is 8.29. The summed E-state index contributed by atoms with van der Waals surface area (Å²) in [6, 6.07) is 8.33. The molecule has 2 atom stereocenters. The van der Waals surface area contributed by atoms with Crippen LogP contribution in [0.2, 0.25) is 0 Å². The van der Waals surface area contributed by atoms with Gasteiger partial charge in [-0.25, -0.2) is 14.0 Å². The first-order valence-electron chi connectivity index (χ1n) is 12.9. The second kappa shape index (κ2) is 11.5. The molecule has 40 heavy (non-hydrogen) atoms. The fraction of sp³-hybridized carbons (Fsp3) is 0.429. The summed E-state index contributed by atoms with van der Waals surface area (Å²) in [4.78, 5) is 50.9. The second-order valence-corrected chi connectivity index (χ2v) is 10.7. The number of halogens is 1. The fourth-order valence-corrected chi connectivity index (χ4v) is 4.38. The number of fused-ring (bicyclic) bond motifs is 1. The smallest absolute Gasteiger partial charge is 0.419 e. The van der Waals surface area contributed by atoms with Crippen LogP contribution in [0.1, 0.15) is 32.8 Å². The monoisotopic (exact) mass is 556 g/mol. The Hall–Kier alpha value is -4.19. The van der Waals surface area contributed by atoms with Crippen molar-refractivity contribution in [2.24, 2.45) is 12.8 Å². The van der Waals surface area contributed by atoms with Crippen LogP contribution in [0, 0.1) is 5.82 Å². The van der Waals surface area contributed by atoms with Gasteiger partial charge in [-0.3, -0.25) is 14.2 Å². The Morgan fingerprint density at radius 2 is 1.88 bits per heavy atom. The summed E-state index contributed by atoms with van der Waals surface area (Å²) in [6.45, 7) is 5.74. The summed E-state index contributed by atoms with van der Waals surface area (Å²) in [7, 11) is 1.58. The molecule has 0 spiro atoms. The van der Waals surface area contributed by atoms with Gasteiger partial charge in [0.1, 0.15) is 17.5 Å². The molecule has 1 saturated heterocycles. The highest BCUT2D eigenvalue weighted by Gasteiger charge is 2.32. The van der Waals surface area contributed by atoms with Crippen molar-refractivity contribution in [1.29, 1.82) is 0 Å². The molecule has 3 amide bonds. The van der Waals surface area contributed by atoms with E-state index in [0.717, 1.165) is 0 Å². The highest BCUT2D eigenvalue weighted by molar-refractivity contribution is 5.89. The first kappa shape index (κ1) is 28.8. The van der Waals surface area contributed by atoms with Crippen molar-refractivity contribution in [3.63, 3.8) is 0 Å². The number of primary amides is 1. The molecule has 12 heteroatoms. The number of hydrogen-bond donors (Lipinski definition) is 2. The van der Waals surface area contributed by atoms with Gasteiger partial charge in [0.05, 0.1) is 12.1 Å². The van der Waals surface area contributed by atoms with Crippen molar-refractivity contribution in [3.8, 4) is 11.1 Å². The van der Waals surface area contributed by atoms with Crippen LogP contribution in [-0.2, 0) is 32.5 Å². The lowest BCUT2D eigenvalue weighted by molar-refractivity contribution is -0.136.